The summed E-state index contributed by atoms with van der Waals surface area (Å²) in [6, 6.07) is 1.58. The van der Waals surface area contributed by atoms with Crippen LogP contribution in [0, 0.1) is 0 Å². The Morgan fingerprint density at radius 2 is 1.48 bits per heavy atom. The Morgan fingerprint density at radius 1 is 0.935 bits per heavy atom. The number of hydrogen-bond acceptors (Lipinski definition) is 4. The average Bonchev–Trinajstić information content (AvgIpc) is 2.52. The van der Waals surface area contributed by atoms with Gasteiger partial charge in [0.05, 0.1) is 6.61 Å². The number of unbranched alkanes of at least 4 members (excludes halogenated alkanes) is 1. The lowest BCUT2D eigenvalue weighted by Gasteiger charge is -2.40. The van der Waals surface area contributed by atoms with Gasteiger partial charge < -0.3 is 13.0 Å². The fourth-order valence-corrected chi connectivity index (χ4v) is 18.3. The Morgan fingerprint density at radius 3 is 1.94 bits per heavy atom. The molecule has 0 aromatic rings. The summed E-state index contributed by atoms with van der Waals surface area (Å²) in [6.45, 7) is 17.4. The highest BCUT2D eigenvalue weighted by atomic mass is 28.5. The third-order valence-electron chi connectivity index (χ3n) is 4.52. The topological polar surface area (TPSA) is 44.8 Å². The smallest absolute Gasteiger partial charge is 0.388 e. The Hall–Kier alpha value is -0.429. The lowest BCUT2D eigenvalue weighted by molar-refractivity contribution is -0.139. The molecule has 0 aromatic carbocycles. The van der Waals surface area contributed by atoms with E-state index in [0.717, 1.165) is 24.9 Å². The van der Waals surface area contributed by atoms with Crippen LogP contribution in [0.5, 0.6) is 0 Å². The summed E-state index contributed by atoms with van der Waals surface area (Å²) in [5.41, 5.74) is 0.370. The largest absolute Gasteiger partial charge is 0.462 e. The molecule has 0 aliphatic rings. The van der Waals surface area contributed by atoms with E-state index in [0.29, 0.717) is 18.6 Å². The number of hydrogen-bond donors (Lipinski definition) is 0. The number of halogens is 3. The fraction of sp³-hybridized carbons (Fsp3) is 0.857. The summed E-state index contributed by atoms with van der Waals surface area (Å²) in [7, 11) is -7.21. The van der Waals surface area contributed by atoms with E-state index in [9.17, 15) is 18.0 Å². The monoisotopic (exact) mass is 504 g/mol. The number of carbonyl (C=O) groups is 1. The van der Waals surface area contributed by atoms with E-state index in [1.807, 2.05) is 26.6 Å². The van der Waals surface area contributed by atoms with Gasteiger partial charge >= 0.3 is 20.7 Å². The maximum Gasteiger partial charge on any atom is 0.388 e. The van der Waals surface area contributed by atoms with Crippen molar-refractivity contribution in [3.05, 3.63) is 12.2 Å². The van der Waals surface area contributed by atoms with Crippen LogP contribution in [0.1, 0.15) is 54.4 Å². The molecule has 0 saturated carbocycles. The molecule has 0 bridgehead atoms. The molecular formula is C21H47F3O4Si3. The Kier molecular flexibility index (Phi) is 16.6. The summed E-state index contributed by atoms with van der Waals surface area (Å²) in [5.74, 6) is -0.397. The molecule has 0 amide bonds. The van der Waals surface area contributed by atoms with Crippen LogP contribution in [0.3, 0.4) is 0 Å². The third kappa shape index (κ3) is 17.8. The average molecular weight is 505 g/mol. The van der Waals surface area contributed by atoms with Crippen LogP contribution < -0.4 is 0 Å². The first-order chi connectivity index (χ1) is 13.0. The van der Waals surface area contributed by atoms with Crippen molar-refractivity contribution in [2.45, 2.75) is 111 Å². The zero-order chi connectivity index (χ0) is 22.9. The quantitative estimate of drug-likeness (QED) is 0.104. The van der Waals surface area contributed by atoms with Gasteiger partial charge in [-0.15, -0.1) is 0 Å². The highest BCUT2D eigenvalue weighted by Gasteiger charge is 2.43. The minimum atomic E-state index is -4.16. The number of esters is 1. The van der Waals surface area contributed by atoms with Gasteiger partial charge in [0, 0.05) is 12.0 Å². The number of rotatable bonds is 14. The van der Waals surface area contributed by atoms with E-state index in [1.54, 1.807) is 6.92 Å². The van der Waals surface area contributed by atoms with E-state index in [1.165, 1.54) is 0 Å². The molecule has 0 N–H and O–H groups in total. The summed E-state index contributed by atoms with van der Waals surface area (Å²) in [4.78, 5) is 11.4. The molecule has 1 unspecified atom stereocenters. The lowest BCUT2D eigenvalue weighted by Crippen LogP contribution is -2.53. The van der Waals surface area contributed by atoms with Gasteiger partial charge in [0.25, 0.3) is 0 Å². The van der Waals surface area contributed by atoms with E-state index in [-0.39, 0.29) is 20.9 Å². The van der Waals surface area contributed by atoms with Gasteiger partial charge in [-0.3, -0.25) is 0 Å². The minimum Gasteiger partial charge on any atom is -0.462 e. The van der Waals surface area contributed by atoms with Crippen molar-refractivity contribution in [3.8, 4) is 0 Å². The molecular weight excluding hydrogens is 457 g/mol. The number of carbonyl (C=O) groups excluding carboxylic acids is 1. The normalized spacial score (nSPS) is 14.1. The molecule has 0 heterocycles. The predicted molar refractivity (Wildman–Crippen MR) is 133 cm³/mol. The molecule has 1 atom stereocenters. The highest BCUT2D eigenvalue weighted by molar-refractivity contribution is 6.88. The van der Waals surface area contributed by atoms with Gasteiger partial charge in [0.2, 0.25) is 0 Å². The van der Waals surface area contributed by atoms with E-state index >= 15 is 0 Å². The number of ether oxygens (including phenoxy) is 1. The van der Waals surface area contributed by atoms with Crippen molar-refractivity contribution in [2.24, 2.45) is 0 Å². The standard InChI is InChI=1S/C19H39F3O4Si3.2CH4/c1-9-10-15-29(8,16-12-19(20,21)22)26-28(6,7)25-27(4,5)14-11-13-24-18(23)17(2)3;;/h2,9-16H2,1,3-8H3;2*1H4. The van der Waals surface area contributed by atoms with Crippen LogP contribution in [0.25, 0.3) is 0 Å². The van der Waals surface area contributed by atoms with E-state index in [2.05, 4.69) is 19.7 Å². The predicted octanol–water partition coefficient (Wildman–Crippen LogP) is 8.04. The second-order valence-electron chi connectivity index (χ2n) is 9.05. The van der Waals surface area contributed by atoms with Crippen molar-refractivity contribution < 1.29 is 30.9 Å². The van der Waals surface area contributed by atoms with Gasteiger partial charge in [0.15, 0.2) is 16.6 Å². The van der Waals surface area contributed by atoms with Crippen molar-refractivity contribution in [1.29, 1.82) is 0 Å². The summed E-state index contributed by atoms with van der Waals surface area (Å²) in [5, 5.41) is 0. The first-order valence-corrected chi connectivity index (χ1v) is 19.1. The first kappa shape index (κ1) is 35.2. The van der Waals surface area contributed by atoms with E-state index in [4.69, 9.17) is 13.0 Å². The van der Waals surface area contributed by atoms with Crippen LogP contribution in [0.2, 0.25) is 50.9 Å². The molecule has 0 fully saturated rings. The molecule has 0 aromatic heterocycles. The Labute approximate surface area is 192 Å². The van der Waals surface area contributed by atoms with Gasteiger partial charge in [-0.1, -0.05) is 41.2 Å². The van der Waals surface area contributed by atoms with Crippen LogP contribution in [-0.4, -0.2) is 43.9 Å². The second-order valence-corrected chi connectivity index (χ2v) is 21.4. The van der Waals surface area contributed by atoms with Crippen LogP contribution in [0.15, 0.2) is 12.2 Å². The summed E-state index contributed by atoms with van der Waals surface area (Å²) < 4.78 is 56.4. The molecule has 188 valence electrons. The van der Waals surface area contributed by atoms with E-state index < -0.39 is 43.8 Å². The highest BCUT2D eigenvalue weighted by Crippen LogP contribution is 2.33. The molecule has 31 heavy (non-hydrogen) atoms. The van der Waals surface area contributed by atoms with Gasteiger partial charge in [-0.2, -0.15) is 13.2 Å². The van der Waals surface area contributed by atoms with Crippen LogP contribution in [-0.2, 0) is 17.8 Å². The second kappa shape index (κ2) is 14.7. The maximum absolute atomic E-state index is 12.8. The van der Waals surface area contributed by atoms with Crippen molar-refractivity contribution in [2.75, 3.05) is 6.61 Å². The molecule has 0 aliphatic carbocycles. The molecule has 0 radical (unpaired) electrons. The zero-order valence-corrected chi connectivity index (χ0v) is 22.1. The van der Waals surface area contributed by atoms with Crippen LogP contribution >= 0.6 is 0 Å². The Bertz CT molecular complexity index is 540. The van der Waals surface area contributed by atoms with Crippen molar-refractivity contribution in [3.63, 3.8) is 0 Å². The van der Waals surface area contributed by atoms with Crippen molar-refractivity contribution in [1.82, 2.24) is 0 Å². The lowest BCUT2D eigenvalue weighted by atomic mass is 10.4. The molecule has 0 spiro atoms. The first-order valence-electron chi connectivity index (χ1n) is 10.3. The summed E-state index contributed by atoms with van der Waals surface area (Å²) in [6.07, 6.45) is -2.46. The minimum absolute atomic E-state index is 0. The van der Waals surface area contributed by atoms with Crippen LogP contribution in [0.4, 0.5) is 13.2 Å². The van der Waals surface area contributed by atoms with Crippen molar-refractivity contribution >= 4 is 31.2 Å². The Balaban J connectivity index is -0.00000392. The van der Waals surface area contributed by atoms with Gasteiger partial charge in [-0.05, 0) is 64.2 Å². The molecule has 4 nitrogen and oxygen atoms in total. The fourth-order valence-electron chi connectivity index (χ4n) is 3.30. The van der Waals surface area contributed by atoms with Gasteiger partial charge in [-0.25, -0.2) is 4.79 Å². The molecule has 0 saturated heterocycles. The molecule has 0 rings (SSSR count). The number of alkyl halides is 3. The molecule has 0 aliphatic heterocycles. The maximum atomic E-state index is 12.8. The SMILES string of the molecule is C.C.C=C(C)C(=O)OCCC[Si](C)(C)O[Si](C)(C)O[Si](C)(CCCC)CCC(F)(F)F. The third-order valence-corrected chi connectivity index (χ3v) is 16.9. The zero-order valence-electron chi connectivity index (χ0n) is 19.1. The summed E-state index contributed by atoms with van der Waals surface area (Å²) >= 11 is 0. The van der Waals surface area contributed by atoms with Gasteiger partial charge in [0.1, 0.15) is 0 Å². The molecule has 10 heteroatoms.